The van der Waals surface area contributed by atoms with Crippen LogP contribution in [-0.2, 0) is 4.79 Å². The van der Waals surface area contributed by atoms with Crippen LogP contribution in [0.5, 0.6) is 5.75 Å². The third-order valence-corrected chi connectivity index (χ3v) is 7.15. The minimum Gasteiger partial charge on any atom is -0.484 e. The van der Waals surface area contributed by atoms with E-state index in [1.165, 1.54) is 6.07 Å². The molecule has 3 heterocycles. The van der Waals surface area contributed by atoms with Gasteiger partial charge in [0.15, 0.2) is 11.7 Å². The molecule has 0 saturated carbocycles. The van der Waals surface area contributed by atoms with E-state index in [1.807, 2.05) is 94.5 Å². The molecule has 7 nitrogen and oxygen atoms in total. The summed E-state index contributed by atoms with van der Waals surface area (Å²) in [5, 5.41) is 6.81. The van der Waals surface area contributed by atoms with Crippen LogP contribution in [0.3, 0.4) is 0 Å². The van der Waals surface area contributed by atoms with E-state index < -0.39 is 0 Å². The number of anilines is 2. The number of rotatable bonds is 8. The van der Waals surface area contributed by atoms with Gasteiger partial charge in [0.25, 0.3) is 5.91 Å². The van der Waals surface area contributed by atoms with Crippen molar-refractivity contribution in [3.05, 3.63) is 139 Å². The summed E-state index contributed by atoms with van der Waals surface area (Å²) in [5.41, 5.74) is 3.53. The van der Waals surface area contributed by atoms with Crippen LogP contribution in [0, 0.1) is 5.82 Å². The van der Waals surface area contributed by atoms with Crippen LogP contribution >= 0.6 is 12.2 Å². The Hall–Kier alpha value is -5.02. The average Bonchev–Trinajstić information content (AvgIpc) is 3.62. The number of hydrogen-bond donors (Lipinski definition) is 2. The van der Waals surface area contributed by atoms with Gasteiger partial charge >= 0.3 is 0 Å². The van der Waals surface area contributed by atoms with E-state index in [1.54, 1.807) is 30.5 Å². The van der Waals surface area contributed by atoms with Crippen molar-refractivity contribution in [3.63, 3.8) is 0 Å². The second-order valence-electron chi connectivity index (χ2n) is 9.45. The lowest BCUT2D eigenvalue weighted by Crippen LogP contribution is -2.30. The van der Waals surface area contributed by atoms with Gasteiger partial charge in [-0.1, -0.05) is 36.4 Å². The third-order valence-electron chi connectivity index (χ3n) is 6.84. The molecule has 1 aliphatic heterocycles. The zero-order chi connectivity index (χ0) is 28.2. The Morgan fingerprint density at radius 1 is 0.927 bits per heavy atom. The number of ether oxygens (including phenoxy) is 1. The molecular weight excluding hydrogens is 537 g/mol. The summed E-state index contributed by atoms with van der Waals surface area (Å²) < 4.78 is 22.3. The first-order valence-corrected chi connectivity index (χ1v) is 13.5. The topological polar surface area (TPSA) is 71.4 Å². The van der Waals surface area contributed by atoms with Crippen LogP contribution in [0.2, 0.25) is 0 Å². The second-order valence-corrected chi connectivity index (χ2v) is 9.83. The molecule has 9 heteroatoms. The predicted molar refractivity (Wildman–Crippen MR) is 161 cm³/mol. The number of nitrogens with one attached hydrogen (secondary N) is 2. The molecule has 2 aromatic heterocycles. The highest BCUT2D eigenvalue weighted by Gasteiger charge is 2.42. The fraction of sp³-hybridized carbons (Fsp3) is 0.0938. The molecule has 0 aliphatic carbocycles. The number of carbonyl (C=O) groups is 1. The number of nitrogens with zero attached hydrogens (tertiary/aromatic N) is 3. The van der Waals surface area contributed by atoms with Crippen LogP contribution in [0.15, 0.2) is 122 Å². The molecule has 2 N–H and O–H groups in total. The van der Waals surface area contributed by atoms with E-state index in [4.69, 9.17) is 17.0 Å². The highest BCUT2D eigenvalue weighted by Crippen LogP contribution is 2.42. The highest BCUT2D eigenvalue weighted by atomic mass is 32.1. The molecule has 0 radical (unpaired) electrons. The first-order chi connectivity index (χ1) is 20.1. The summed E-state index contributed by atoms with van der Waals surface area (Å²) in [6.07, 6.45) is 3.59. The lowest BCUT2D eigenvalue weighted by molar-refractivity contribution is -0.118. The number of para-hydroxylation sites is 2. The SMILES string of the molecule is O=C(COc1ccccc1)Nc1ccc(N2C(=S)N[C@@H](c3ccccn3)[C@@H]2c2cccn2-c2ccccc2F)cc1. The normalized spacial score (nSPS) is 16.3. The van der Waals surface area contributed by atoms with Crippen molar-refractivity contribution in [2.75, 3.05) is 16.8 Å². The summed E-state index contributed by atoms with van der Waals surface area (Å²) in [5.74, 6) is 0.0354. The molecule has 1 saturated heterocycles. The van der Waals surface area contributed by atoms with Crippen LogP contribution < -0.4 is 20.3 Å². The van der Waals surface area contributed by atoms with Gasteiger partial charge in [-0.05, 0) is 85.0 Å². The maximum absolute atomic E-state index is 14.9. The van der Waals surface area contributed by atoms with Gasteiger partial charge in [0.1, 0.15) is 17.6 Å². The van der Waals surface area contributed by atoms with Gasteiger partial charge in [0.05, 0.1) is 17.4 Å². The van der Waals surface area contributed by atoms with Crippen molar-refractivity contribution >= 4 is 34.6 Å². The van der Waals surface area contributed by atoms with Gasteiger partial charge in [-0.25, -0.2) is 4.39 Å². The van der Waals surface area contributed by atoms with Crippen LogP contribution in [0.4, 0.5) is 15.8 Å². The lowest BCUT2D eigenvalue weighted by Gasteiger charge is -2.29. The molecule has 2 atom stereocenters. The summed E-state index contributed by atoms with van der Waals surface area (Å²) in [6.45, 7) is -0.104. The Kier molecular flexibility index (Phi) is 7.42. The number of aromatic nitrogens is 2. The molecule has 204 valence electrons. The Balaban J connectivity index is 1.29. The highest BCUT2D eigenvalue weighted by molar-refractivity contribution is 7.80. The molecule has 1 fully saturated rings. The molecule has 5 aromatic rings. The minimum atomic E-state index is -0.341. The number of pyridine rings is 1. The van der Waals surface area contributed by atoms with Crippen molar-refractivity contribution in [1.29, 1.82) is 0 Å². The van der Waals surface area contributed by atoms with Crippen molar-refractivity contribution < 1.29 is 13.9 Å². The number of hydrogen-bond acceptors (Lipinski definition) is 4. The van der Waals surface area contributed by atoms with E-state index in [9.17, 15) is 9.18 Å². The monoisotopic (exact) mass is 563 g/mol. The van der Waals surface area contributed by atoms with E-state index >= 15 is 0 Å². The predicted octanol–water partition coefficient (Wildman–Crippen LogP) is 6.21. The van der Waals surface area contributed by atoms with E-state index in [0.29, 0.717) is 22.2 Å². The maximum atomic E-state index is 14.9. The van der Waals surface area contributed by atoms with Crippen LogP contribution in [-0.4, -0.2) is 27.2 Å². The van der Waals surface area contributed by atoms with Gasteiger partial charge in [-0.2, -0.15) is 0 Å². The van der Waals surface area contributed by atoms with E-state index in [2.05, 4.69) is 15.6 Å². The molecule has 0 bridgehead atoms. The zero-order valence-corrected chi connectivity index (χ0v) is 22.7. The van der Waals surface area contributed by atoms with Gasteiger partial charge in [0, 0.05) is 29.5 Å². The Morgan fingerprint density at radius 2 is 1.68 bits per heavy atom. The average molecular weight is 564 g/mol. The lowest BCUT2D eigenvalue weighted by atomic mass is 10.0. The minimum absolute atomic E-state index is 0.104. The molecule has 0 unspecified atom stereocenters. The largest absolute Gasteiger partial charge is 0.484 e. The third kappa shape index (κ3) is 5.53. The van der Waals surface area contributed by atoms with Gasteiger partial charge in [-0.3, -0.25) is 9.78 Å². The molecule has 3 aromatic carbocycles. The fourth-order valence-electron chi connectivity index (χ4n) is 5.00. The molecule has 6 rings (SSSR count). The standard InChI is InChI=1S/C32H26FN5O2S/c33-25-11-4-5-13-27(25)37-20-8-14-28(37)31-30(26-12-6-7-19-34-26)36-32(41)38(31)23-17-15-22(16-18-23)35-29(39)21-40-24-9-2-1-3-10-24/h1-20,30-31H,21H2,(H,35,39)(H,36,41)/t30-,31-/m0/s1. The Labute approximate surface area is 242 Å². The van der Waals surface area contributed by atoms with E-state index in [0.717, 1.165) is 17.1 Å². The van der Waals surface area contributed by atoms with Crippen molar-refractivity contribution in [2.24, 2.45) is 0 Å². The molecule has 0 spiro atoms. The summed E-state index contributed by atoms with van der Waals surface area (Å²) in [4.78, 5) is 19.1. The number of halogens is 1. The van der Waals surface area contributed by atoms with Gasteiger partial charge < -0.3 is 24.8 Å². The smallest absolute Gasteiger partial charge is 0.262 e. The molecular formula is C32H26FN5O2S. The summed E-state index contributed by atoms with van der Waals surface area (Å²) in [7, 11) is 0. The van der Waals surface area contributed by atoms with Crippen LogP contribution in [0.25, 0.3) is 5.69 Å². The Bertz CT molecular complexity index is 1660. The zero-order valence-electron chi connectivity index (χ0n) is 21.9. The van der Waals surface area contributed by atoms with Crippen molar-refractivity contribution in [2.45, 2.75) is 12.1 Å². The van der Waals surface area contributed by atoms with E-state index in [-0.39, 0.29) is 30.4 Å². The molecule has 1 aliphatic rings. The van der Waals surface area contributed by atoms with Gasteiger partial charge in [-0.15, -0.1) is 0 Å². The quantitative estimate of drug-likeness (QED) is 0.219. The summed E-state index contributed by atoms with van der Waals surface area (Å²) in [6, 6.07) is 32.3. The first kappa shape index (κ1) is 26.2. The first-order valence-electron chi connectivity index (χ1n) is 13.1. The van der Waals surface area contributed by atoms with Crippen LogP contribution in [0.1, 0.15) is 23.5 Å². The molecule has 1 amide bonds. The second kappa shape index (κ2) is 11.6. The molecule has 41 heavy (non-hydrogen) atoms. The van der Waals surface area contributed by atoms with Crippen molar-refractivity contribution in [3.8, 4) is 11.4 Å². The number of carbonyl (C=O) groups excluding carboxylic acids is 1. The number of amides is 1. The number of benzene rings is 3. The fourth-order valence-corrected chi connectivity index (χ4v) is 5.35. The summed E-state index contributed by atoms with van der Waals surface area (Å²) >= 11 is 5.84. The maximum Gasteiger partial charge on any atom is 0.262 e. The van der Waals surface area contributed by atoms with Gasteiger partial charge in [0.2, 0.25) is 0 Å². The van der Waals surface area contributed by atoms with Crippen molar-refractivity contribution in [1.82, 2.24) is 14.9 Å². The Morgan fingerprint density at radius 3 is 2.44 bits per heavy atom. The number of thiocarbonyl (C=S) groups is 1.